The van der Waals surface area contributed by atoms with Crippen molar-refractivity contribution in [3.63, 3.8) is 0 Å². The topological polar surface area (TPSA) is 54.9 Å². The number of hydrogen-bond acceptors (Lipinski definition) is 3. The molecule has 0 saturated carbocycles. The van der Waals surface area contributed by atoms with E-state index in [4.69, 9.17) is 0 Å². The predicted molar refractivity (Wildman–Crippen MR) is 89.0 cm³/mol. The SMILES string of the molecule is O=C1Cc2cc(-c3cnc(Cc4ccc(F)cc4)nc3)ccc2N1. The molecular weight excluding hydrogens is 305 g/mol. The van der Waals surface area contributed by atoms with Crippen molar-refractivity contribution >= 4 is 11.6 Å². The molecular formula is C19H14FN3O. The number of carbonyl (C=O) groups is 1. The zero-order chi connectivity index (χ0) is 16.5. The standard InChI is InChI=1S/C19H14FN3O/c20-16-4-1-12(2-5-16)7-18-21-10-15(11-22-18)13-3-6-17-14(8-13)9-19(24)23-17/h1-6,8,10-11H,7,9H2,(H,23,24). The van der Waals surface area contributed by atoms with Crippen LogP contribution in [0.4, 0.5) is 10.1 Å². The van der Waals surface area contributed by atoms with Crippen molar-refractivity contribution < 1.29 is 9.18 Å². The van der Waals surface area contributed by atoms with Crippen molar-refractivity contribution in [2.24, 2.45) is 0 Å². The third kappa shape index (κ3) is 2.88. The minimum absolute atomic E-state index is 0.0213. The summed E-state index contributed by atoms with van der Waals surface area (Å²) in [6.07, 6.45) is 4.52. The Morgan fingerprint density at radius 2 is 1.75 bits per heavy atom. The largest absolute Gasteiger partial charge is 0.326 e. The number of benzene rings is 2. The van der Waals surface area contributed by atoms with Crippen molar-refractivity contribution in [1.29, 1.82) is 0 Å². The second-order valence-electron chi connectivity index (χ2n) is 5.79. The quantitative estimate of drug-likeness (QED) is 0.805. The molecule has 24 heavy (non-hydrogen) atoms. The van der Waals surface area contributed by atoms with Crippen LogP contribution in [0.25, 0.3) is 11.1 Å². The second kappa shape index (κ2) is 5.85. The van der Waals surface area contributed by atoms with Crippen LogP contribution < -0.4 is 5.32 Å². The van der Waals surface area contributed by atoms with E-state index in [0.717, 1.165) is 27.9 Å². The Kier molecular flexibility index (Phi) is 3.54. The van der Waals surface area contributed by atoms with Crippen molar-refractivity contribution in [1.82, 2.24) is 9.97 Å². The molecule has 5 heteroatoms. The van der Waals surface area contributed by atoms with Gasteiger partial charge < -0.3 is 5.32 Å². The third-order valence-corrected chi connectivity index (χ3v) is 4.04. The minimum atomic E-state index is -0.250. The average molecular weight is 319 g/mol. The second-order valence-corrected chi connectivity index (χ2v) is 5.79. The molecule has 118 valence electrons. The summed E-state index contributed by atoms with van der Waals surface area (Å²) < 4.78 is 12.9. The zero-order valence-electron chi connectivity index (χ0n) is 12.8. The van der Waals surface area contributed by atoms with Gasteiger partial charge in [-0.3, -0.25) is 4.79 Å². The number of amides is 1. The van der Waals surface area contributed by atoms with E-state index < -0.39 is 0 Å². The van der Waals surface area contributed by atoms with Gasteiger partial charge in [0.25, 0.3) is 0 Å². The number of hydrogen-bond donors (Lipinski definition) is 1. The highest BCUT2D eigenvalue weighted by Crippen LogP contribution is 2.28. The molecule has 0 bridgehead atoms. The Labute approximate surface area is 138 Å². The molecule has 3 aromatic rings. The number of nitrogens with zero attached hydrogens (tertiary/aromatic N) is 2. The Balaban J connectivity index is 1.55. The fourth-order valence-electron chi connectivity index (χ4n) is 2.79. The van der Waals surface area contributed by atoms with E-state index >= 15 is 0 Å². The molecule has 0 atom stereocenters. The van der Waals surface area contributed by atoms with Crippen LogP contribution in [0.2, 0.25) is 0 Å². The van der Waals surface area contributed by atoms with Crippen molar-refractivity contribution in [2.75, 3.05) is 5.32 Å². The van der Waals surface area contributed by atoms with E-state index in [2.05, 4.69) is 15.3 Å². The number of carbonyl (C=O) groups excluding carboxylic acids is 1. The van der Waals surface area contributed by atoms with Gasteiger partial charge in [-0.1, -0.05) is 18.2 Å². The lowest BCUT2D eigenvalue weighted by Crippen LogP contribution is -2.03. The van der Waals surface area contributed by atoms with Gasteiger partial charge in [0.1, 0.15) is 11.6 Å². The summed E-state index contributed by atoms with van der Waals surface area (Å²) in [4.78, 5) is 20.2. The van der Waals surface area contributed by atoms with E-state index in [9.17, 15) is 9.18 Å². The highest BCUT2D eigenvalue weighted by molar-refractivity contribution is 5.99. The van der Waals surface area contributed by atoms with E-state index in [1.165, 1.54) is 12.1 Å². The molecule has 0 unspecified atom stereocenters. The number of rotatable bonds is 3. The van der Waals surface area contributed by atoms with E-state index in [0.29, 0.717) is 18.7 Å². The summed E-state index contributed by atoms with van der Waals surface area (Å²) in [5, 5.41) is 2.82. The van der Waals surface area contributed by atoms with Crippen LogP contribution in [-0.4, -0.2) is 15.9 Å². The maximum Gasteiger partial charge on any atom is 0.228 e. The molecule has 1 aliphatic heterocycles. The number of nitrogens with one attached hydrogen (secondary N) is 1. The van der Waals surface area contributed by atoms with Gasteiger partial charge in [0.05, 0.1) is 6.42 Å². The van der Waals surface area contributed by atoms with Crippen LogP contribution in [0.5, 0.6) is 0 Å². The summed E-state index contributed by atoms with van der Waals surface area (Å²) in [6, 6.07) is 12.2. The molecule has 4 nitrogen and oxygen atoms in total. The number of aromatic nitrogens is 2. The lowest BCUT2D eigenvalue weighted by Gasteiger charge is -2.05. The predicted octanol–water partition coefficient (Wildman–Crippen LogP) is 3.37. The molecule has 0 radical (unpaired) electrons. The molecule has 2 heterocycles. The first kappa shape index (κ1) is 14.5. The summed E-state index contributed by atoms with van der Waals surface area (Å²) >= 11 is 0. The Morgan fingerprint density at radius 1 is 1.00 bits per heavy atom. The monoisotopic (exact) mass is 319 g/mol. The fourth-order valence-corrected chi connectivity index (χ4v) is 2.79. The molecule has 0 aliphatic carbocycles. The summed E-state index contributed by atoms with van der Waals surface area (Å²) in [5.74, 6) is 0.455. The van der Waals surface area contributed by atoms with Gasteiger partial charge in [-0.15, -0.1) is 0 Å². The first-order chi connectivity index (χ1) is 11.7. The van der Waals surface area contributed by atoms with Gasteiger partial charge in [0, 0.05) is 30.1 Å². The molecule has 1 N–H and O–H groups in total. The molecule has 0 saturated heterocycles. The van der Waals surface area contributed by atoms with Gasteiger partial charge in [0.2, 0.25) is 5.91 Å². The normalized spacial score (nSPS) is 12.8. The summed E-state index contributed by atoms with van der Waals surface area (Å²) in [5.41, 5.74) is 4.72. The molecule has 0 spiro atoms. The molecule has 1 amide bonds. The van der Waals surface area contributed by atoms with Gasteiger partial charge in [-0.25, -0.2) is 14.4 Å². The van der Waals surface area contributed by atoms with E-state index in [-0.39, 0.29) is 11.7 Å². The first-order valence-corrected chi connectivity index (χ1v) is 7.66. The number of fused-ring (bicyclic) bond motifs is 1. The van der Waals surface area contributed by atoms with Crippen LogP contribution in [0.3, 0.4) is 0 Å². The Morgan fingerprint density at radius 3 is 2.50 bits per heavy atom. The van der Waals surface area contributed by atoms with Crippen LogP contribution in [-0.2, 0) is 17.6 Å². The Hall–Kier alpha value is -3.08. The van der Waals surface area contributed by atoms with Gasteiger partial charge in [-0.2, -0.15) is 0 Å². The van der Waals surface area contributed by atoms with E-state index in [1.54, 1.807) is 24.5 Å². The van der Waals surface area contributed by atoms with Crippen molar-refractivity contribution in [3.05, 3.63) is 77.6 Å². The molecule has 0 fully saturated rings. The van der Waals surface area contributed by atoms with Gasteiger partial charge >= 0.3 is 0 Å². The molecule has 4 rings (SSSR count). The van der Waals surface area contributed by atoms with Crippen LogP contribution in [0.1, 0.15) is 17.0 Å². The van der Waals surface area contributed by atoms with Gasteiger partial charge in [0.15, 0.2) is 0 Å². The lowest BCUT2D eigenvalue weighted by atomic mass is 10.0. The molecule has 1 aromatic heterocycles. The fraction of sp³-hybridized carbons (Fsp3) is 0.105. The number of anilines is 1. The van der Waals surface area contributed by atoms with Crippen LogP contribution in [0.15, 0.2) is 54.9 Å². The Bertz CT molecular complexity index is 905. The lowest BCUT2D eigenvalue weighted by molar-refractivity contribution is -0.115. The third-order valence-electron chi connectivity index (χ3n) is 4.04. The summed E-state index contributed by atoms with van der Waals surface area (Å²) in [6.45, 7) is 0. The van der Waals surface area contributed by atoms with E-state index in [1.807, 2.05) is 18.2 Å². The maximum absolute atomic E-state index is 12.9. The van der Waals surface area contributed by atoms with Crippen molar-refractivity contribution in [2.45, 2.75) is 12.8 Å². The smallest absolute Gasteiger partial charge is 0.228 e. The van der Waals surface area contributed by atoms with Crippen LogP contribution in [0, 0.1) is 5.82 Å². The minimum Gasteiger partial charge on any atom is -0.326 e. The molecule has 1 aliphatic rings. The van der Waals surface area contributed by atoms with Gasteiger partial charge in [-0.05, 0) is 41.0 Å². The number of halogens is 1. The average Bonchev–Trinajstić information content (AvgIpc) is 2.97. The highest BCUT2D eigenvalue weighted by Gasteiger charge is 2.17. The van der Waals surface area contributed by atoms with Crippen LogP contribution >= 0.6 is 0 Å². The zero-order valence-corrected chi connectivity index (χ0v) is 12.8. The highest BCUT2D eigenvalue weighted by atomic mass is 19.1. The summed E-state index contributed by atoms with van der Waals surface area (Å²) in [7, 11) is 0. The molecule has 2 aromatic carbocycles. The van der Waals surface area contributed by atoms with Crippen molar-refractivity contribution in [3.8, 4) is 11.1 Å². The maximum atomic E-state index is 12.9. The first-order valence-electron chi connectivity index (χ1n) is 7.66.